The van der Waals surface area contributed by atoms with E-state index in [0.29, 0.717) is 24.2 Å². The molecule has 0 radical (unpaired) electrons. The van der Waals surface area contributed by atoms with Crippen LogP contribution in [0.15, 0.2) is 47.1 Å². The largest absolute Gasteiger partial charge is 0.480 e. The SMILES string of the molecule is C#C[C@@]1(O)CC[C@H]2[C@@H]3CCC4=C/C(=N\OCC(=O)N[C@H](C(=O)N[C@@H](Cc5ccccc5)C(=O)O)C(C)C)CC[C@]4(C)[C@H]3CC[C@@]21C. The molecule has 0 spiro atoms. The van der Waals surface area contributed by atoms with Gasteiger partial charge in [0.25, 0.3) is 5.91 Å². The van der Waals surface area contributed by atoms with E-state index in [1.165, 1.54) is 5.57 Å². The summed E-state index contributed by atoms with van der Waals surface area (Å²) < 4.78 is 0. The third-order valence-electron chi connectivity index (χ3n) is 11.9. The molecular formula is C37H49N3O6. The van der Waals surface area contributed by atoms with Gasteiger partial charge in [-0.2, -0.15) is 0 Å². The summed E-state index contributed by atoms with van der Waals surface area (Å²) in [5.41, 5.74) is 1.84. The lowest BCUT2D eigenvalue weighted by molar-refractivity contribution is -0.142. The van der Waals surface area contributed by atoms with Crippen molar-refractivity contribution in [3.8, 4) is 12.3 Å². The normalized spacial score (nSPS) is 33.8. The summed E-state index contributed by atoms with van der Waals surface area (Å²) in [6, 6.07) is 7.02. The maximum atomic E-state index is 13.1. The number of amides is 2. The van der Waals surface area contributed by atoms with E-state index in [4.69, 9.17) is 11.3 Å². The highest BCUT2D eigenvalue weighted by Crippen LogP contribution is 2.67. The number of aliphatic carboxylic acids is 1. The number of terminal acetylenes is 1. The topological polar surface area (TPSA) is 137 Å². The maximum absolute atomic E-state index is 13.1. The van der Waals surface area contributed by atoms with Crippen LogP contribution >= 0.6 is 0 Å². The highest BCUT2D eigenvalue weighted by Gasteiger charge is 2.63. The van der Waals surface area contributed by atoms with Gasteiger partial charge in [0.2, 0.25) is 5.91 Å². The van der Waals surface area contributed by atoms with Gasteiger partial charge in [0.15, 0.2) is 6.61 Å². The number of carboxylic acid groups (broad SMARTS) is 1. The van der Waals surface area contributed by atoms with E-state index >= 15 is 0 Å². The van der Waals surface area contributed by atoms with Gasteiger partial charge in [0.05, 0.1) is 5.71 Å². The van der Waals surface area contributed by atoms with Crippen LogP contribution in [0.2, 0.25) is 0 Å². The molecule has 4 aliphatic carbocycles. The van der Waals surface area contributed by atoms with E-state index < -0.39 is 35.5 Å². The number of aliphatic hydroxyl groups is 1. The molecule has 2 amide bonds. The van der Waals surface area contributed by atoms with Gasteiger partial charge >= 0.3 is 5.97 Å². The number of oxime groups is 1. The quantitative estimate of drug-likeness (QED) is 0.219. The molecule has 46 heavy (non-hydrogen) atoms. The minimum atomic E-state index is -1.15. The Bertz CT molecular complexity index is 1430. The molecule has 0 aliphatic heterocycles. The van der Waals surface area contributed by atoms with Gasteiger partial charge in [-0.3, -0.25) is 9.59 Å². The van der Waals surface area contributed by atoms with Crippen LogP contribution in [0.3, 0.4) is 0 Å². The Balaban J connectivity index is 1.16. The van der Waals surface area contributed by atoms with Crippen LogP contribution < -0.4 is 10.6 Å². The summed E-state index contributed by atoms with van der Waals surface area (Å²) in [7, 11) is 0. The molecule has 0 bridgehead atoms. The summed E-state index contributed by atoms with van der Waals surface area (Å²) in [6.07, 6.45) is 15.6. The molecule has 0 aromatic heterocycles. The molecule has 3 fully saturated rings. The van der Waals surface area contributed by atoms with Gasteiger partial charge in [-0.05, 0) is 92.1 Å². The Hall–Kier alpha value is -3.64. The van der Waals surface area contributed by atoms with E-state index in [-0.39, 0.29) is 29.8 Å². The van der Waals surface area contributed by atoms with Crippen molar-refractivity contribution in [1.82, 2.24) is 10.6 Å². The molecule has 3 saturated carbocycles. The summed E-state index contributed by atoms with van der Waals surface area (Å²) in [5, 5.41) is 30.5. The molecule has 1 aromatic rings. The van der Waals surface area contributed by atoms with Gasteiger partial charge in [0, 0.05) is 11.8 Å². The standard InChI is InChI=1S/C37H49N3O6/c1-6-37(45)19-16-29-27-13-12-25-21-26(14-17-35(25,4)28(27)15-18-36(29,37)5)40-46-22-31(41)39-32(23(2)3)33(42)38-30(34(43)44)20-24-10-8-7-9-11-24/h1,7-11,21,23,27-30,32,45H,12-20,22H2,2-5H3,(H,38,42)(H,39,41)(H,43,44)/b40-26-/t27-,28+,29+,30+,32+,35+,36+,37-/m1/s1. The van der Waals surface area contributed by atoms with Crippen molar-refractivity contribution >= 4 is 23.5 Å². The molecule has 8 atom stereocenters. The summed E-state index contributed by atoms with van der Waals surface area (Å²) in [5.74, 6) is 1.81. The number of nitrogens with zero attached hydrogens (tertiary/aromatic N) is 1. The molecule has 1 aromatic carbocycles. The zero-order valence-corrected chi connectivity index (χ0v) is 27.6. The van der Waals surface area contributed by atoms with Gasteiger partial charge < -0.3 is 25.7 Å². The van der Waals surface area contributed by atoms with Gasteiger partial charge in [-0.15, -0.1) is 6.42 Å². The Morgan fingerprint density at radius 1 is 1.04 bits per heavy atom. The molecule has 9 heteroatoms. The molecule has 0 heterocycles. The lowest BCUT2D eigenvalue weighted by atomic mass is 9.46. The molecule has 9 nitrogen and oxygen atoms in total. The maximum Gasteiger partial charge on any atom is 0.326 e. The van der Waals surface area contributed by atoms with Crippen molar-refractivity contribution in [2.75, 3.05) is 6.61 Å². The van der Waals surface area contributed by atoms with E-state index in [0.717, 1.165) is 56.2 Å². The van der Waals surface area contributed by atoms with Crippen molar-refractivity contribution in [3.63, 3.8) is 0 Å². The second kappa shape index (κ2) is 13.2. The van der Waals surface area contributed by atoms with E-state index in [9.17, 15) is 24.6 Å². The number of carboxylic acids is 1. The average Bonchev–Trinajstić information content (AvgIpc) is 3.30. The lowest BCUT2D eigenvalue weighted by Gasteiger charge is -2.58. The van der Waals surface area contributed by atoms with Crippen molar-refractivity contribution in [1.29, 1.82) is 0 Å². The third kappa shape index (κ3) is 6.33. The van der Waals surface area contributed by atoms with Gasteiger partial charge in [0.1, 0.15) is 17.7 Å². The molecular weight excluding hydrogens is 582 g/mol. The smallest absolute Gasteiger partial charge is 0.326 e. The molecule has 248 valence electrons. The average molecular weight is 632 g/mol. The minimum Gasteiger partial charge on any atom is -0.480 e. The Labute approximate surface area is 272 Å². The number of carbonyl (C=O) groups excluding carboxylic acids is 2. The highest BCUT2D eigenvalue weighted by molar-refractivity contribution is 5.96. The second-order valence-electron chi connectivity index (χ2n) is 14.7. The zero-order valence-electron chi connectivity index (χ0n) is 27.6. The van der Waals surface area contributed by atoms with E-state index in [1.807, 2.05) is 18.2 Å². The minimum absolute atomic E-state index is 0.0731. The van der Waals surface area contributed by atoms with Crippen molar-refractivity contribution in [2.45, 2.75) is 103 Å². The number of carbonyl (C=O) groups is 3. The van der Waals surface area contributed by atoms with Crippen LogP contribution in [-0.2, 0) is 25.6 Å². The first-order valence-electron chi connectivity index (χ1n) is 16.8. The summed E-state index contributed by atoms with van der Waals surface area (Å²) in [6.45, 7) is 7.82. The molecule has 0 saturated heterocycles. The van der Waals surface area contributed by atoms with Crippen LogP contribution in [0.25, 0.3) is 0 Å². The highest BCUT2D eigenvalue weighted by atomic mass is 16.6. The fraction of sp³-hybridized carbons (Fsp3) is 0.622. The van der Waals surface area contributed by atoms with Crippen LogP contribution in [0.1, 0.15) is 84.6 Å². The zero-order chi connectivity index (χ0) is 33.3. The van der Waals surface area contributed by atoms with Crippen LogP contribution in [0, 0.1) is 46.8 Å². The summed E-state index contributed by atoms with van der Waals surface area (Å²) in [4.78, 5) is 43.2. The summed E-state index contributed by atoms with van der Waals surface area (Å²) >= 11 is 0. The predicted octanol–water partition coefficient (Wildman–Crippen LogP) is 4.64. The Kier molecular flexibility index (Phi) is 9.70. The number of allylic oxidation sites excluding steroid dienone is 2. The van der Waals surface area contributed by atoms with Gasteiger partial charge in [-0.25, -0.2) is 4.79 Å². The fourth-order valence-corrected chi connectivity index (χ4v) is 9.13. The Morgan fingerprint density at radius 3 is 2.43 bits per heavy atom. The molecule has 4 aliphatic rings. The first kappa shape index (κ1) is 33.7. The number of rotatable bonds is 10. The molecule has 0 unspecified atom stereocenters. The van der Waals surface area contributed by atoms with Crippen LogP contribution in [0.5, 0.6) is 0 Å². The van der Waals surface area contributed by atoms with Crippen molar-refractivity contribution in [3.05, 3.63) is 47.5 Å². The molecule has 5 rings (SSSR count). The number of hydrogen-bond acceptors (Lipinski definition) is 6. The van der Waals surface area contributed by atoms with Crippen LogP contribution in [-0.4, -0.2) is 58.0 Å². The monoisotopic (exact) mass is 631 g/mol. The van der Waals surface area contributed by atoms with E-state index in [1.54, 1.807) is 26.0 Å². The van der Waals surface area contributed by atoms with E-state index in [2.05, 4.69) is 41.6 Å². The predicted molar refractivity (Wildman–Crippen MR) is 175 cm³/mol. The lowest BCUT2D eigenvalue weighted by Crippen LogP contribution is -2.54. The first-order chi connectivity index (χ1) is 21.8. The fourth-order valence-electron chi connectivity index (χ4n) is 9.13. The van der Waals surface area contributed by atoms with Crippen molar-refractivity contribution < 1.29 is 29.4 Å². The number of benzene rings is 1. The second-order valence-corrected chi connectivity index (χ2v) is 14.7. The molecule has 4 N–H and O–H groups in total. The number of nitrogens with one attached hydrogen (secondary N) is 2. The Morgan fingerprint density at radius 2 is 1.76 bits per heavy atom. The van der Waals surface area contributed by atoms with Gasteiger partial charge in [-0.1, -0.05) is 74.7 Å². The van der Waals surface area contributed by atoms with Crippen molar-refractivity contribution in [2.24, 2.45) is 39.7 Å². The van der Waals surface area contributed by atoms with Crippen LogP contribution in [0.4, 0.5) is 0 Å². The number of fused-ring (bicyclic) bond motifs is 5. The third-order valence-corrected chi connectivity index (χ3v) is 11.9. The first-order valence-corrected chi connectivity index (χ1v) is 16.8. The number of hydrogen-bond donors (Lipinski definition) is 4.